The number of benzene rings is 3. The van der Waals surface area contributed by atoms with Gasteiger partial charge in [0.2, 0.25) is 11.8 Å². The van der Waals surface area contributed by atoms with Crippen LogP contribution in [0.15, 0.2) is 84.4 Å². The van der Waals surface area contributed by atoms with Crippen molar-refractivity contribution in [3.63, 3.8) is 0 Å². The SMILES string of the molecule is COc1ccc(CC(=O)N(Cc2ccc(Cl)cc2)C(Cc2ccccc2)C(=O)NCCC2=CCCCC2)cc1OC. The number of hydrogen-bond donors (Lipinski definition) is 1. The van der Waals surface area contributed by atoms with Gasteiger partial charge in [0.15, 0.2) is 11.5 Å². The fourth-order valence-electron chi connectivity index (χ4n) is 5.20. The fraction of sp³-hybridized carbons (Fsp3) is 0.353. The molecule has 1 N–H and O–H groups in total. The highest BCUT2D eigenvalue weighted by molar-refractivity contribution is 6.30. The maximum absolute atomic E-state index is 14.0. The number of rotatable bonds is 13. The van der Waals surface area contributed by atoms with Gasteiger partial charge in [-0.3, -0.25) is 9.59 Å². The summed E-state index contributed by atoms with van der Waals surface area (Å²) in [5.74, 6) is 0.840. The van der Waals surface area contributed by atoms with Gasteiger partial charge in [-0.2, -0.15) is 0 Å². The average molecular weight is 575 g/mol. The Bertz CT molecular complexity index is 1320. The van der Waals surface area contributed by atoms with Crippen LogP contribution in [0.3, 0.4) is 0 Å². The summed E-state index contributed by atoms with van der Waals surface area (Å²) in [6.45, 7) is 0.827. The van der Waals surface area contributed by atoms with Gasteiger partial charge in [-0.15, -0.1) is 0 Å². The lowest BCUT2D eigenvalue weighted by molar-refractivity contribution is -0.140. The van der Waals surface area contributed by atoms with Crippen molar-refractivity contribution in [1.29, 1.82) is 0 Å². The van der Waals surface area contributed by atoms with E-state index in [1.54, 1.807) is 43.4 Å². The van der Waals surface area contributed by atoms with E-state index in [0.717, 1.165) is 36.0 Å². The van der Waals surface area contributed by atoms with Gasteiger partial charge in [0.1, 0.15) is 6.04 Å². The fourth-order valence-corrected chi connectivity index (χ4v) is 5.33. The van der Waals surface area contributed by atoms with Crippen LogP contribution in [0.1, 0.15) is 48.8 Å². The molecular weight excluding hydrogens is 536 g/mol. The predicted molar refractivity (Wildman–Crippen MR) is 163 cm³/mol. The lowest BCUT2D eigenvalue weighted by Gasteiger charge is -2.32. The number of nitrogens with one attached hydrogen (secondary N) is 1. The number of carbonyl (C=O) groups excluding carboxylic acids is 2. The second-order valence-electron chi connectivity index (χ2n) is 10.4. The van der Waals surface area contributed by atoms with Gasteiger partial charge in [-0.1, -0.05) is 71.8 Å². The molecule has 1 unspecified atom stereocenters. The predicted octanol–water partition coefficient (Wildman–Crippen LogP) is 6.55. The highest BCUT2D eigenvalue weighted by Gasteiger charge is 2.30. The molecule has 1 atom stereocenters. The van der Waals surface area contributed by atoms with Crippen molar-refractivity contribution >= 4 is 23.4 Å². The molecule has 1 aliphatic carbocycles. The summed E-state index contributed by atoms with van der Waals surface area (Å²) in [6, 6.07) is 22.0. The van der Waals surface area contributed by atoms with Crippen molar-refractivity contribution in [2.75, 3.05) is 20.8 Å². The quantitative estimate of drug-likeness (QED) is 0.235. The van der Waals surface area contributed by atoms with E-state index >= 15 is 0 Å². The summed E-state index contributed by atoms with van der Waals surface area (Å²) < 4.78 is 10.8. The van der Waals surface area contributed by atoms with E-state index in [2.05, 4.69) is 11.4 Å². The first kappa shape index (κ1) is 30.2. The first-order valence-electron chi connectivity index (χ1n) is 14.2. The van der Waals surface area contributed by atoms with Crippen molar-refractivity contribution in [2.24, 2.45) is 0 Å². The molecule has 6 nitrogen and oxygen atoms in total. The monoisotopic (exact) mass is 574 g/mol. The van der Waals surface area contributed by atoms with Gasteiger partial charge in [0.05, 0.1) is 20.6 Å². The third-order valence-corrected chi connectivity index (χ3v) is 7.72. The summed E-state index contributed by atoms with van der Waals surface area (Å²) in [5.41, 5.74) is 4.06. The Kier molecular flexibility index (Phi) is 11.3. The third-order valence-electron chi connectivity index (χ3n) is 7.47. The minimum absolute atomic E-state index is 0.111. The first-order valence-corrected chi connectivity index (χ1v) is 14.6. The molecule has 0 aromatic heterocycles. The molecule has 0 bridgehead atoms. The van der Waals surface area contributed by atoms with Crippen LogP contribution in [0.5, 0.6) is 11.5 Å². The van der Waals surface area contributed by atoms with Gasteiger partial charge in [-0.25, -0.2) is 0 Å². The van der Waals surface area contributed by atoms with Crippen LogP contribution in [0.25, 0.3) is 0 Å². The van der Waals surface area contributed by atoms with Gasteiger partial charge in [-0.05, 0) is 73.1 Å². The van der Waals surface area contributed by atoms with Crippen molar-refractivity contribution in [3.05, 3.63) is 106 Å². The summed E-state index contributed by atoms with van der Waals surface area (Å²) in [5, 5.41) is 3.76. The number of methoxy groups -OCH3 is 2. The number of nitrogens with zero attached hydrogens (tertiary/aromatic N) is 1. The molecule has 216 valence electrons. The summed E-state index contributed by atoms with van der Waals surface area (Å²) >= 11 is 6.14. The standard InChI is InChI=1S/C34H39ClN2O4/c1-40-31-18-15-28(22-32(31)41-2)23-33(38)37(24-27-13-16-29(35)17-14-27)30(21-26-11-7-4-8-12-26)34(39)36-20-19-25-9-5-3-6-10-25/h4,7-9,11-18,22,30H,3,5-6,10,19-21,23-24H2,1-2H3,(H,36,39). The lowest BCUT2D eigenvalue weighted by Crippen LogP contribution is -2.51. The summed E-state index contributed by atoms with van der Waals surface area (Å²) in [6.07, 6.45) is 8.29. The van der Waals surface area contributed by atoms with E-state index in [9.17, 15) is 9.59 Å². The van der Waals surface area contributed by atoms with E-state index in [1.165, 1.54) is 18.4 Å². The van der Waals surface area contributed by atoms with E-state index in [-0.39, 0.29) is 24.8 Å². The highest BCUT2D eigenvalue weighted by atomic mass is 35.5. The van der Waals surface area contributed by atoms with Crippen LogP contribution < -0.4 is 14.8 Å². The van der Waals surface area contributed by atoms with Crippen molar-refractivity contribution < 1.29 is 19.1 Å². The topological polar surface area (TPSA) is 67.9 Å². The number of allylic oxidation sites excluding steroid dienone is 1. The van der Waals surface area contributed by atoms with Crippen LogP contribution in [-0.4, -0.2) is 43.5 Å². The molecule has 2 amide bonds. The maximum Gasteiger partial charge on any atom is 0.243 e. The summed E-state index contributed by atoms with van der Waals surface area (Å²) in [4.78, 5) is 29.6. The molecule has 0 radical (unpaired) electrons. The molecule has 1 aliphatic rings. The molecule has 3 aromatic carbocycles. The lowest BCUT2D eigenvalue weighted by atomic mass is 9.97. The Hall–Kier alpha value is -3.77. The van der Waals surface area contributed by atoms with Gasteiger partial charge >= 0.3 is 0 Å². The zero-order chi connectivity index (χ0) is 29.0. The molecule has 0 fully saturated rings. The van der Waals surface area contributed by atoms with Crippen molar-refractivity contribution in [2.45, 2.75) is 57.5 Å². The Morgan fingerprint density at radius 2 is 1.63 bits per heavy atom. The highest BCUT2D eigenvalue weighted by Crippen LogP contribution is 2.28. The Morgan fingerprint density at radius 3 is 2.32 bits per heavy atom. The minimum atomic E-state index is -0.693. The largest absolute Gasteiger partial charge is 0.493 e. The molecule has 7 heteroatoms. The second-order valence-corrected chi connectivity index (χ2v) is 10.8. The molecule has 0 aliphatic heterocycles. The number of carbonyl (C=O) groups is 2. The van der Waals surface area contributed by atoms with Crippen LogP contribution in [-0.2, 0) is 29.0 Å². The zero-order valence-corrected chi connectivity index (χ0v) is 24.7. The average Bonchev–Trinajstić information content (AvgIpc) is 3.00. The third kappa shape index (κ3) is 8.86. The Labute approximate surface area is 248 Å². The van der Waals surface area contributed by atoms with E-state index in [0.29, 0.717) is 29.5 Å². The number of hydrogen-bond acceptors (Lipinski definition) is 4. The van der Waals surface area contributed by atoms with Crippen LogP contribution in [0, 0.1) is 0 Å². The number of amides is 2. The van der Waals surface area contributed by atoms with E-state index in [1.807, 2.05) is 48.5 Å². The zero-order valence-electron chi connectivity index (χ0n) is 23.9. The molecule has 0 heterocycles. The molecule has 3 aromatic rings. The molecule has 0 saturated carbocycles. The van der Waals surface area contributed by atoms with Crippen LogP contribution in [0.4, 0.5) is 0 Å². The van der Waals surface area contributed by atoms with Gasteiger partial charge in [0.25, 0.3) is 0 Å². The molecule has 0 saturated heterocycles. The van der Waals surface area contributed by atoms with Crippen molar-refractivity contribution in [3.8, 4) is 11.5 Å². The molecule has 4 rings (SSSR count). The number of ether oxygens (including phenoxy) is 2. The summed E-state index contributed by atoms with van der Waals surface area (Å²) in [7, 11) is 3.15. The van der Waals surface area contributed by atoms with Crippen LogP contribution >= 0.6 is 11.6 Å². The Balaban J connectivity index is 1.61. The Morgan fingerprint density at radius 1 is 0.902 bits per heavy atom. The van der Waals surface area contributed by atoms with Crippen LogP contribution in [0.2, 0.25) is 5.02 Å². The molecular formula is C34H39ClN2O4. The second kappa shape index (κ2) is 15.3. The van der Waals surface area contributed by atoms with Gasteiger partial charge in [0, 0.05) is 24.5 Å². The number of halogens is 1. The van der Waals surface area contributed by atoms with E-state index in [4.69, 9.17) is 21.1 Å². The van der Waals surface area contributed by atoms with Gasteiger partial charge < -0.3 is 19.7 Å². The molecule has 0 spiro atoms. The van der Waals surface area contributed by atoms with Crippen molar-refractivity contribution in [1.82, 2.24) is 10.2 Å². The molecule has 41 heavy (non-hydrogen) atoms. The smallest absolute Gasteiger partial charge is 0.243 e. The van der Waals surface area contributed by atoms with E-state index < -0.39 is 6.04 Å². The minimum Gasteiger partial charge on any atom is -0.493 e. The normalized spacial score (nSPS) is 13.6. The first-order chi connectivity index (χ1) is 20.0. The maximum atomic E-state index is 14.0.